The van der Waals surface area contributed by atoms with Crippen molar-refractivity contribution in [3.63, 3.8) is 0 Å². The summed E-state index contributed by atoms with van der Waals surface area (Å²) in [7, 11) is 0. The summed E-state index contributed by atoms with van der Waals surface area (Å²) in [6.45, 7) is 5.33. The minimum atomic E-state index is -0.424. The largest absolute Gasteiger partial charge is 0.355 e. The summed E-state index contributed by atoms with van der Waals surface area (Å²) in [6.07, 6.45) is 4.46. The molecule has 1 unspecified atom stereocenters. The Labute approximate surface area is 163 Å². The Morgan fingerprint density at radius 3 is 3.07 bits per heavy atom. The van der Waals surface area contributed by atoms with Crippen LogP contribution in [0.15, 0.2) is 38.9 Å². The Morgan fingerprint density at radius 2 is 2.33 bits per heavy atom. The molecule has 2 heterocycles. The first-order valence-electron chi connectivity index (χ1n) is 9.33. The predicted molar refractivity (Wildman–Crippen MR) is 101 cm³/mol. The number of carbonyl (C=O) groups is 1. The van der Waals surface area contributed by atoms with Crippen LogP contribution in [0.25, 0.3) is 0 Å². The van der Waals surface area contributed by atoms with Crippen LogP contribution in [0.4, 0.5) is 4.39 Å². The Morgan fingerprint density at radius 1 is 1.52 bits per heavy atom. The van der Waals surface area contributed by atoms with Gasteiger partial charge in [0.2, 0.25) is 0 Å². The summed E-state index contributed by atoms with van der Waals surface area (Å²) < 4.78 is 20.1. The van der Waals surface area contributed by atoms with Gasteiger partial charge in [0.05, 0.1) is 35.2 Å². The van der Waals surface area contributed by atoms with Crippen LogP contribution in [0.2, 0.25) is 0 Å². The zero-order valence-electron chi connectivity index (χ0n) is 15.7. The minimum absolute atomic E-state index is 0.116. The van der Waals surface area contributed by atoms with E-state index in [-0.39, 0.29) is 29.1 Å². The molecule has 1 aliphatic carbocycles. The van der Waals surface area contributed by atoms with Crippen molar-refractivity contribution in [3.05, 3.63) is 33.9 Å². The van der Waals surface area contributed by atoms with Gasteiger partial charge >= 0.3 is 0 Å². The summed E-state index contributed by atoms with van der Waals surface area (Å²) >= 11 is 6.45. The number of halogens is 2. The van der Waals surface area contributed by atoms with Gasteiger partial charge in [0.25, 0.3) is 5.91 Å². The van der Waals surface area contributed by atoms with Crippen LogP contribution in [0.3, 0.4) is 0 Å². The van der Waals surface area contributed by atoms with E-state index in [1.807, 2.05) is 11.8 Å². The molecule has 27 heavy (non-hydrogen) atoms. The van der Waals surface area contributed by atoms with E-state index in [0.29, 0.717) is 37.5 Å². The number of hydrogen-bond donors (Lipinski definition) is 1. The average molecular weight is 398 g/mol. The van der Waals surface area contributed by atoms with Crippen molar-refractivity contribution < 1.29 is 18.8 Å². The van der Waals surface area contributed by atoms with Crippen LogP contribution in [0, 0.1) is 5.92 Å². The average Bonchev–Trinajstić information content (AvgIpc) is 3.07. The second-order valence-electron chi connectivity index (χ2n) is 6.87. The highest BCUT2D eigenvalue weighted by atomic mass is 35.5. The summed E-state index contributed by atoms with van der Waals surface area (Å²) in [4.78, 5) is 24.5. The van der Waals surface area contributed by atoms with E-state index in [2.05, 4.69) is 10.5 Å². The van der Waals surface area contributed by atoms with Gasteiger partial charge in [-0.2, -0.15) is 0 Å². The fraction of sp³-hybridized carbons (Fsp3) is 0.579. The lowest BCUT2D eigenvalue weighted by atomic mass is 9.95. The quantitative estimate of drug-likeness (QED) is 0.736. The van der Waals surface area contributed by atoms with Crippen molar-refractivity contribution in [1.29, 1.82) is 0 Å². The molecule has 1 atom stereocenters. The molecule has 0 radical (unpaired) electrons. The van der Waals surface area contributed by atoms with E-state index >= 15 is 0 Å². The van der Waals surface area contributed by atoms with Gasteiger partial charge in [-0.25, -0.2) is 14.9 Å². The van der Waals surface area contributed by atoms with Gasteiger partial charge in [-0.15, -0.1) is 0 Å². The number of allylic oxidation sites excluding steroid dienone is 3. The molecule has 0 aromatic carbocycles. The van der Waals surface area contributed by atoms with Gasteiger partial charge < -0.3 is 9.64 Å². The van der Waals surface area contributed by atoms with Gasteiger partial charge in [-0.3, -0.25) is 9.63 Å². The molecule has 0 aromatic heterocycles. The number of hydroxylamine groups is 1. The molecule has 0 saturated carbocycles. The zero-order chi connectivity index (χ0) is 19.4. The van der Waals surface area contributed by atoms with Crippen LogP contribution >= 0.6 is 11.6 Å². The molecule has 3 rings (SSSR count). The molecular formula is C19H25ClFN3O3. The third-order valence-corrected chi connectivity index (χ3v) is 5.10. The summed E-state index contributed by atoms with van der Waals surface area (Å²) in [5.74, 6) is -0.614. The first-order chi connectivity index (χ1) is 13.0. The highest BCUT2D eigenvalue weighted by Crippen LogP contribution is 2.34. The molecule has 1 amide bonds. The van der Waals surface area contributed by atoms with Crippen LogP contribution in [0.5, 0.6) is 0 Å². The lowest BCUT2D eigenvalue weighted by Gasteiger charge is -2.26. The standard InChI is InChI=1S/C19H25ClFN3O3/c1-3-27-23-19(25)17-16-5-4-8-24(16)11-26-10-13(20)18(17)22-15-7-6-12(2)9-14(15)21/h9,12H,3-8,10-11H2,1-2H3,(H,23,25). The number of ether oxygens (including phenoxy) is 1. The molecule has 2 aliphatic heterocycles. The maximum atomic E-state index is 14.4. The zero-order valence-corrected chi connectivity index (χ0v) is 16.4. The Bertz CT molecular complexity index is 730. The molecular weight excluding hydrogens is 373 g/mol. The molecule has 1 N–H and O–H groups in total. The Balaban J connectivity index is 2.08. The fourth-order valence-electron chi connectivity index (χ4n) is 3.44. The number of nitrogens with zero attached hydrogens (tertiary/aromatic N) is 2. The van der Waals surface area contributed by atoms with Gasteiger partial charge in [0.15, 0.2) is 0 Å². The van der Waals surface area contributed by atoms with Crippen LogP contribution in [-0.2, 0) is 14.4 Å². The van der Waals surface area contributed by atoms with Crippen LogP contribution in [0.1, 0.15) is 39.5 Å². The summed E-state index contributed by atoms with van der Waals surface area (Å²) in [5.41, 5.74) is 4.16. The van der Waals surface area contributed by atoms with E-state index in [9.17, 15) is 9.18 Å². The van der Waals surface area contributed by atoms with E-state index < -0.39 is 5.91 Å². The summed E-state index contributed by atoms with van der Waals surface area (Å²) in [6, 6.07) is 0. The normalized spacial score (nSPS) is 25.3. The molecule has 0 spiro atoms. The fourth-order valence-corrected chi connectivity index (χ4v) is 3.66. The maximum absolute atomic E-state index is 14.4. The van der Waals surface area contributed by atoms with E-state index in [1.165, 1.54) is 0 Å². The van der Waals surface area contributed by atoms with Gasteiger partial charge in [0.1, 0.15) is 12.6 Å². The lowest BCUT2D eigenvalue weighted by Crippen LogP contribution is -2.32. The van der Waals surface area contributed by atoms with Crippen LogP contribution < -0.4 is 5.48 Å². The topological polar surface area (TPSA) is 63.2 Å². The number of carbonyl (C=O) groups excluding carboxylic acids is 1. The Kier molecular flexibility index (Phi) is 6.68. The third-order valence-electron chi connectivity index (χ3n) is 4.81. The molecule has 3 aliphatic rings. The smallest absolute Gasteiger partial charge is 0.278 e. The number of aliphatic imine (C=N–C) groups is 1. The molecule has 1 saturated heterocycles. The first kappa shape index (κ1) is 20.0. The molecule has 1 fully saturated rings. The number of fused-ring (bicyclic) bond motifs is 1. The highest BCUT2D eigenvalue weighted by Gasteiger charge is 2.31. The third kappa shape index (κ3) is 4.59. The van der Waals surface area contributed by atoms with Crippen molar-refractivity contribution in [2.24, 2.45) is 10.9 Å². The second-order valence-corrected chi connectivity index (χ2v) is 7.33. The number of hydrogen-bond acceptors (Lipinski definition) is 5. The Hall–Kier alpha value is -1.70. The molecule has 148 valence electrons. The number of nitrogens with one attached hydrogen (secondary N) is 1. The molecule has 6 nitrogen and oxygen atoms in total. The molecule has 0 bridgehead atoms. The van der Waals surface area contributed by atoms with Crippen LogP contribution in [-0.4, -0.2) is 43.0 Å². The van der Waals surface area contributed by atoms with Crippen molar-refractivity contribution in [2.75, 3.05) is 26.5 Å². The van der Waals surface area contributed by atoms with Crippen molar-refractivity contribution >= 4 is 23.2 Å². The van der Waals surface area contributed by atoms with Gasteiger partial charge in [0, 0.05) is 12.2 Å². The van der Waals surface area contributed by atoms with Crippen molar-refractivity contribution in [2.45, 2.75) is 39.5 Å². The number of amides is 1. The minimum Gasteiger partial charge on any atom is -0.355 e. The van der Waals surface area contributed by atoms with Gasteiger partial charge in [-0.05, 0) is 44.6 Å². The SMILES string of the molecule is CCONC(=O)C1=C2CCCN2COCC(Cl)=C1N=C1CCC(C)C=C1F. The first-order valence-corrected chi connectivity index (χ1v) is 9.71. The number of rotatable bonds is 4. The summed E-state index contributed by atoms with van der Waals surface area (Å²) in [5, 5.41) is 0.287. The predicted octanol–water partition coefficient (Wildman–Crippen LogP) is 3.57. The van der Waals surface area contributed by atoms with Crippen molar-refractivity contribution in [3.8, 4) is 0 Å². The van der Waals surface area contributed by atoms with Crippen molar-refractivity contribution in [1.82, 2.24) is 10.4 Å². The van der Waals surface area contributed by atoms with Gasteiger partial charge in [-0.1, -0.05) is 18.5 Å². The highest BCUT2D eigenvalue weighted by molar-refractivity contribution is 6.31. The second kappa shape index (κ2) is 8.99. The van der Waals surface area contributed by atoms with E-state index in [4.69, 9.17) is 21.2 Å². The van der Waals surface area contributed by atoms with E-state index in [0.717, 1.165) is 25.1 Å². The monoisotopic (exact) mass is 397 g/mol. The maximum Gasteiger partial charge on any atom is 0.278 e. The molecule has 8 heteroatoms. The molecule has 0 aromatic rings. The lowest BCUT2D eigenvalue weighted by molar-refractivity contribution is -0.129. The van der Waals surface area contributed by atoms with E-state index in [1.54, 1.807) is 13.0 Å².